The van der Waals surface area contributed by atoms with Gasteiger partial charge < -0.3 is 0 Å². The lowest BCUT2D eigenvalue weighted by Gasteiger charge is -1.94. The average molecular weight is 185 g/mol. The Morgan fingerprint density at radius 2 is 2.00 bits per heavy atom. The maximum atomic E-state index is 5.39. The van der Waals surface area contributed by atoms with E-state index in [-0.39, 0.29) is 0 Å². The highest BCUT2D eigenvalue weighted by Gasteiger charge is 1.87. The Kier molecular flexibility index (Phi) is 9.98. The van der Waals surface area contributed by atoms with Crippen LogP contribution in [0.5, 0.6) is 0 Å². The van der Waals surface area contributed by atoms with Crippen molar-refractivity contribution in [1.82, 2.24) is 0 Å². The van der Waals surface area contributed by atoms with Crippen LogP contribution in [0.1, 0.15) is 32.6 Å². The SMILES string of the molecule is CCCCCCSSCl. The van der Waals surface area contributed by atoms with Crippen LogP contribution in [0.25, 0.3) is 0 Å². The van der Waals surface area contributed by atoms with E-state index in [0.29, 0.717) is 0 Å². The molecule has 0 saturated carbocycles. The van der Waals surface area contributed by atoms with Gasteiger partial charge in [-0.3, -0.25) is 0 Å². The van der Waals surface area contributed by atoms with Gasteiger partial charge in [-0.15, -0.1) is 0 Å². The summed E-state index contributed by atoms with van der Waals surface area (Å²) in [4.78, 5) is 0. The highest BCUT2D eigenvalue weighted by atomic mass is 35.7. The largest absolute Gasteiger partial charge is 0.0773 e. The van der Waals surface area contributed by atoms with Gasteiger partial charge in [0.15, 0.2) is 0 Å². The lowest BCUT2D eigenvalue weighted by atomic mass is 10.2. The fourth-order valence-electron chi connectivity index (χ4n) is 0.619. The van der Waals surface area contributed by atoms with Crippen molar-refractivity contribution in [2.24, 2.45) is 0 Å². The summed E-state index contributed by atoms with van der Waals surface area (Å²) in [6.45, 7) is 2.23. The zero-order chi connectivity index (χ0) is 6.95. The van der Waals surface area contributed by atoms with Crippen LogP contribution in [0.4, 0.5) is 0 Å². The minimum absolute atomic E-state index is 1.20. The molecule has 0 saturated heterocycles. The molecule has 0 atom stereocenters. The van der Waals surface area contributed by atoms with Gasteiger partial charge in [-0.25, -0.2) is 0 Å². The zero-order valence-corrected chi connectivity index (χ0v) is 8.12. The van der Waals surface area contributed by atoms with Gasteiger partial charge in [0, 0.05) is 15.8 Å². The highest BCUT2D eigenvalue weighted by molar-refractivity contribution is 8.85. The summed E-state index contributed by atoms with van der Waals surface area (Å²) in [6, 6.07) is 0. The van der Waals surface area contributed by atoms with Crippen LogP contribution in [0.15, 0.2) is 0 Å². The summed E-state index contributed by atoms with van der Waals surface area (Å²) in [6.07, 6.45) is 5.37. The summed E-state index contributed by atoms with van der Waals surface area (Å²) in [7, 11) is 8.48. The lowest BCUT2D eigenvalue weighted by Crippen LogP contribution is -1.76. The lowest BCUT2D eigenvalue weighted by molar-refractivity contribution is 0.707. The maximum Gasteiger partial charge on any atom is 0.0136 e. The third-order valence-electron chi connectivity index (χ3n) is 1.13. The molecule has 9 heavy (non-hydrogen) atoms. The molecule has 0 aromatic carbocycles. The van der Waals surface area contributed by atoms with Crippen LogP contribution in [-0.4, -0.2) is 5.75 Å². The Morgan fingerprint density at radius 1 is 1.22 bits per heavy atom. The van der Waals surface area contributed by atoms with Crippen LogP contribution in [0.3, 0.4) is 0 Å². The summed E-state index contributed by atoms with van der Waals surface area (Å²) in [5, 5.41) is 0. The Bertz CT molecular complexity index is 44.3. The van der Waals surface area contributed by atoms with Crippen LogP contribution in [-0.2, 0) is 0 Å². The van der Waals surface area contributed by atoms with E-state index < -0.39 is 0 Å². The smallest absolute Gasteiger partial charge is 0.0136 e. The minimum atomic E-state index is 1.20. The molecule has 0 aromatic rings. The van der Waals surface area contributed by atoms with Crippen molar-refractivity contribution in [3.63, 3.8) is 0 Å². The predicted molar refractivity (Wildman–Crippen MR) is 50.0 cm³/mol. The van der Waals surface area contributed by atoms with Crippen molar-refractivity contribution in [3.8, 4) is 0 Å². The summed E-state index contributed by atoms with van der Waals surface area (Å²) >= 11 is 0. The van der Waals surface area contributed by atoms with E-state index >= 15 is 0 Å². The van der Waals surface area contributed by atoms with Gasteiger partial charge in [-0.2, -0.15) is 0 Å². The van der Waals surface area contributed by atoms with Gasteiger partial charge in [0.2, 0.25) is 0 Å². The first-order valence-corrected chi connectivity index (χ1v) is 6.46. The molecule has 0 fully saturated rings. The van der Waals surface area contributed by atoms with Crippen molar-refractivity contribution >= 4 is 31.5 Å². The van der Waals surface area contributed by atoms with E-state index in [0.717, 1.165) is 0 Å². The number of halogens is 1. The standard InChI is InChI=1S/C6H13ClS2/c1-2-3-4-5-6-8-9-7/h2-6H2,1H3. The molecule has 0 nitrogen and oxygen atoms in total. The van der Waals surface area contributed by atoms with Gasteiger partial charge in [0.05, 0.1) is 0 Å². The Morgan fingerprint density at radius 3 is 2.56 bits per heavy atom. The average Bonchev–Trinajstić information content (AvgIpc) is 1.89. The molecule has 0 radical (unpaired) electrons. The molecule has 0 heterocycles. The third kappa shape index (κ3) is 8.99. The molecule has 0 aliphatic carbocycles. The first-order chi connectivity index (χ1) is 4.41. The van der Waals surface area contributed by atoms with Crippen molar-refractivity contribution in [1.29, 1.82) is 0 Å². The van der Waals surface area contributed by atoms with E-state index in [1.54, 1.807) is 10.8 Å². The molecule has 56 valence electrons. The minimum Gasteiger partial charge on any atom is -0.0773 e. The Balaban J connectivity index is 2.60. The van der Waals surface area contributed by atoms with Crippen molar-refractivity contribution < 1.29 is 0 Å². The first kappa shape index (κ1) is 9.99. The second-order valence-corrected chi connectivity index (χ2v) is 4.93. The second-order valence-electron chi connectivity index (χ2n) is 1.95. The Labute approximate surface area is 70.0 Å². The van der Waals surface area contributed by atoms with Crippen LogP contribution >= 0.6 is 31.5 Å². The predicted octanol–water partition coefficient (Wildman–Crippen LogP) is 4.10. The van der Waals surface area contributed by atoms with Gasteiger partial charge in [0.1, 0.15) is 0 Å². The van der Waals surface area contributed by atoms with E-state index in [1.807, 2.05) is 0 Å². The van der Waals surface area contributed by atoms with E-state index in [9.17, 15) is 0 Å². The molecule has 0 amide bonds. The summed E-state index contributed by atoms with van der Waals surface area (Å²) < 4.78 is 0. The van der Waals surface area contributed by atoms with Gasteiger partial charge in [-0.05, 0) is 17.1 Å². The molecular weight excluding hydrogens is 172 g/mol. The third-order valence-corrected chi connectivity index (χ3v) is 3.24. The van der Waals surface area contributed by atoms with Gasteiger partial charge in [0.25, 0.3) is 0 Å². The molecule has 3 heteroatoms. The summed E-state index contributed by atoms with van der Waals surface area (Å²) in [5.41, 5.74) is 0. The molecule has 0 rings (SSSR count). The molecule has 0 bridgehead atoms. The highest BCUT2D eigenvalue weighted by Crippen LogP contribution is 2.26. The normalized spacial score (nSPS) is 10.0. The van der Waals surface area contributed by atoms with E-state index in [1.165, 1.54) is 41.4 Å². The fourth-order valence-corrected chi connectivity index (χ4v) is 2.11. The van der Waals surface area contributed by atoms with Crippen molar-refractivity contribution in [2.45, 2.75) is 32.6 Å². The van der Waals surface area contributed by atoms with Crippen molar-refractivity contribution in [3.05, 3.63) is 0 Å². The number of unbranched alkanes of at least 4 members (excludes halogenated alkanes) is 3. The monoisotopic (exact) mass is 184 g/mol. The topological polar surface area (TPSA) is 0 Å². The fraction of sp³-hybridized carbons (Fsp3) is 1.00. The zero-order valence-electron chi connectivity index (χ0n) is 5.73. The van der Waals surface area contributed by atoms with E-state index in [2.05, 4.69) is 6.92 Å². The molecule has 0 unspecified atom stereocenters. The van der Waals surface area contributed by atoms with Gasteiger partial charge in [-0.1, -0.05) is 37.0 Å². The van der Waals surface area contributed by atoms with Crippen LogP contribution in [0.2, 0.25) is 0 Å². The van der Waals surface area contributed by atoms with Gasteiger partial charge >= 0.3 is 0 Å². The number of hydrogen-bond acceptors (Lipinski definition) is 2. The number of rotatable bonds is 6. The summed E-state index contributed by atoms with van der Waals surface area (Å²) in [5.74, 6) is 1.20. The first-order valence-electron chi connectivity index (χ1n) is 3.32. The molecule has 0 aliphatic heterocycles. The van der Waals surface area contributed by atoms with E-state index in [4.69, 9.17) is 10.7 Å². The molecule has 0 aromatic heterocycles. The quantitative estimate of drug-likeness (QED) is 0.450. The molecule has 0 aliphatic rings. The molecular formula is C6H13ClS2. The van der Waals surface area contributed by atoms with Crippen LogP contribution in [0, 0.1) is 0 Å². The molecule has 0 spiro atoms. The Hall–Kier alpha value is 0.990. The molecule has 0 N–H and O–H groups in total. The maximum absolute atomic E-state index is 5.39. The second kappa shape index (κ2) is 8.99. The van der Waals surface area contributed by atoms with Crippen molar-refractivity contribution in [2.75, 3.05) is 5.75 Å². The number of hydrogen-bond donors (Lipinski definition) is 0. The van der Waals surface area contributed by atoms with Crippen LogP contribution < -0.4 is 0 Å².